The van der Waals surface area contributed by atoms with Crippen LogP contribution in [0, 0.1) is 11.8 Å². The second kappa shape index (κ2) is 6.76. The quantitative estimate of drug-likeness (QED) is 0.842. The second-order valence-corrected chi connectivity index (χ2v) is 5.05. The molecule has 0 spiro atoms. The van der Waals surface area contributed by atoms with Crippen molar-refractivity contribution >= 4 is 0 Å². The van der Waals surface area contributed by atoms with E-state index in [9.17, 15) is 0 Å². The first-order valence-corrected chi connectivity index (χ1v) is 6.74. The lowest BCUT2D eigenvalue weighted by molar-refractivity contribution is 0.0752. The topological polar surface area (TPSA) is 44.5 Å². The van der Waals surface area contributed by atoms with E-state index >= 15 is 0 Å². The van der Waals surface area contributed by atoms with Gasteiger partial charge >= 0.3 is 0 Å². The van der Waals surface area contributed by atoms with Gasteiger partial charge in [0.05, 0.1) is 20.3 Å². The summed E-state index contributed by atoms with van der Waals surface area (Å²) in [6.45, 7) is 2.29. The van der Waals surface area contributed by atoms with Crippen LogP contribution < -0.4 is 10.5 Å². The van der Waals surface area contributed by atoms with Crippen LogP contribution in [0.3, 0.4) is 0 Å². The fraction of sp³-hybridized carbons (Fsp3) is 0.600. The van der Waals surface area contributed by atoms with Gasteiger partial charge in [-0.3, -0.25) is 0 Å². The molecule has 1 aromatic rings. The van der Waals surface area contributed by atoms with E-state index in [0.29, 0.717) is 18.4 Å². The molecule has 1 fully saturated rings. The highest BCUT2D eigenvalue weighted by molar-refractivity contribution is 5.27. The molecule has 18 heavy (non-hydrogen) atoms. The summed E-state index contributed by atoms with van der Waals surface area (Å²) in [5.74, 6) is 2.20. The Bertz CT molecular complexity index is 367. The lowest BCUT2D eigenvalue weighted by atomic mass is 9.97. The van der Waals surface area contributed by atoms with Crippen molar-refractivity contribution in [3.63, 3.8) is 0 Å². The zero-order valence-corrected chi connectivity index (χ0v) is 11.1. The van der Waals surface area contributed by atoms with Crippen molar-refractivity contribution < 1.29 is 9.47 Å². The average Bonchev–Trinajstić information content (AvgIpc) is 2.86. The zero-order valence-electron chi connectivity index (χ0n) is 11.1. The fourth-order valence-corrected chi connectivity index (χ4v) is 2.73. The maximum Gasteiger partial charge on any atom is 0.119 e. The van der Waals surface area contributed by atoms with E-state index in [4.69, 9.17) is 15.2 Å². The second-order valence-electron chi connectivity index (χ2n) is 5.05. The minimum atomic E-state index is 0.653. The third kappa shape index (κ3) is 3.47. The van der Waals surface area contributed by atoms with Gasteiger partial charge in [-0.25, -0.2) is 0 Å². The fourth-order valence-electron chi connectivity index (χ4n) is 2.73. The average molecular weight is 249 g/mol. The Morgan fingerprint density at radius 2 is 2.11 bits per heavy atom. The normalized spacial score (nSPS) is 23.2. The third-order valence-electron chi connectivity index (χ3n) is 3.85. The maximum absolute atomic E-state index is 5.82. The van der Waals surface area contributed by atoms with E-state index in [1.54, 1.807) is 7.11 Å². The molecule has 0 radical (unpaired) electrons. The van der Waals surface area contributed by atoms with Crippen LogP contribution in [0.15, 0.2) is 24.3 Å². The molecule has 1 saturated carbocycles. The zero-order chi connectivity index (χ0) is 12.8. The summed E-state index contributed by atoms with van der Waals surface area (Å²) in [6, 6.07) is 8.04. The van der Waals surface area contributed by atoms with Crippen molar-refractivity contribution in [3.8, 4) is 5.75 Å². The molecule has 1 aromatic carbocycles. The summed E-state index contributed by atoms with van der Waals surface area (Å²) < 4.78 is 11.0. The number of benzene rings is 1. The molecule has 100 valence electrons. The molecule has 1 aliphatic carbocycles. The number of hydrogen-bond acceptors (Lipinski definition) is 3. The SMILES string of the molecule is COc1cccc(COCC2CCCC2CN)c1. The van der Waals surface area contributed by atoms with Crippen LogP contribution in [0.4, 0.5) is 0 Å². The van der Waals surface area contributed by atoms with Crippen LogP contribution in [-0.4, -0.2) is 20.3 Å². The van der Waals surface area contributed by atoms with E-state index < -0.39 is 0 Å². The number of nitrogens with two attached hydrogens (primary N) is 1. The monoisotopic (exact) mass is 249 g/mol. The van der Waals surface area contributed by atoms with Gasteiger partial charge in [0, 0.05) is 0 Å². The lowest BCUT2D eigenvalue weighted by Gasteiger charge is -2.17. The van der Waals surface area contributed by atoms with Crippen LogP contribution in [0.2, 0.25) is 0 Å². The molecule has 1 aliphatic rings. The molecule has 0 bridgehead atoms. The highest BCUT2D eigenvalue weighted by Gasteiger charge is 2.25. The molecule has 2 rings (SSSR count). The summed E-state index contributed by atoms with van der Waals surface area (Å²) in [7, 11) is 1.68. The predicted octanol–water partition coefficient (Wildman–Crippen LogP) is 2.59. The minimum absolute atomic E-state index is 0.653. The van der Waals surface area contributed by atoms with Gasteiger partial charge in [0.15, 0.2) is 0 Å². The molecule has 0 aromatic heterocycles. The summed E-state index contributed by atoms with van der Waals surface area (Å²) in [6.07, 6.45) is 3.83. The number of rotatable bonds is 6. The van der Waals surface area contributed by atoms with Crippen LogP contribution in [0.5, 0.6) is 5.75 Å². The Labute approximate surface area is 109 Å². The van der Waals surface area contributed by atoms with Crippen LogP contribution in [-0.2, 0) is 11.3 Å². The first-order chi connectivity index (χ1) is 8.83. The van der Waals surface area contributed by atoms with Crippen molar-refractivity contribution in [2.75, 3.05) is 20.3 Å². The van der Waals surface area contributed by atoms with Gasteiger partial charge in [0.25, 0.3) is 0 Å². The van der Waals surface area contributed by atoms with Gasteiger partial charge in [-0.1, -0.05) is 18.6 Å². The van der Waals surface area contributed by atoms with Crippen molar-refractivity contribution in [2.45, 2.75) is 25.9 Å². The first-order valence-electron chi connectivity index (χ1n) is 6.74. The number of methoxy groups -OCH3 is 1. The van der Waals surface area contributed by atoms with E-state index in [1.165, 1.54) is 19.3 Å². The molecule has 0 heterocycles. The van der Waals surface area contributed by atoms with E-state index in [2.05, 4.69) is 6.07 Å². The van der Waals surface area contributed by atoms with Crippen LogP contribution in [0.1, 0.15) is 24.8 Å². The summed E-state index contributed by atoms with van der Waals surface area (Å²) in [5, 5.41) is 0. The smallest absolute Gasteiger partial charge is 0.119 e. The highest BCUT2D eigenvalue weighted by atomic mass is 16.5. The molecular weight excluding hydrogens is 226 g/mol. The lowest BCUT2D eigenvalue weighted by Crippen LogP contribution is -2.22. The van der Waals surface area contributed by atoms with Gasteiger partial charge in [0.1, 0.15) is 5.75 Å². The van der Waals surface area contributed by atoms with Crippen LogP contribution >= 0.6 is 0 Å². The molecule has 0 saturated heterocycles. The molecular formula is C15H23NO2. The molecule has 0 amide bonds. The summed E-state index contributed by atoms with van der Waals surface area (Å²) in [4.78, 5) is 0. The van der Waals surface area contributed by atoms with E-state index in [0.717, 1.165) is 24.5 Å². The molecule has 3 nitrogen and oxygen atoms in total. The standard InChI is InChI=1S/C15H23NO2/c1-17-15-7-2-4-12(8-15)10-18-11-14-6-3-5-13(14)9-16/h2,4,7-8,13-14H,3,5-6,9-11,16H2,1H3. The van der Waals surface area contributed by atoms with Gasteiger partial charge in [-0.05, 0) is 48.9 Å². The van der Waals surface area contributed by atoms with Crippen molar-refractivity contribution in [2.24, 2.45) is 17.6 Å². The maximum atomic E-state index is 5.82. The highest BCUT2D eigenvalue weighted by Crippen LogP contribution is 2.31. The summed E-state index contributed by atoms with van der Waals surface area (Å²) >= 11 is 0. The molecule has 2 unspecified atom stereocenters. The Balaban J connectivity index is 1.77. The molecule has 2 N–H and O–H groups in total. The Morgan fingerprint density at radius 1 is 1.28 bits per heavy atom. The Hall–Kier alpha value is -1.06. The van der Waals surface area contributed by atoms with E-state index in [1.807, 2.05) is 18.2 Å². The molecule has 0 aliphatic heterocycles. The predicted molar refractivity (Wildman–Crippen MR) is 72.5 cm³/mol. The third-order valence-corrected chi connectivity index (χ3v) is 3.85. The molecule has 3 heteroatoms. The number of hydrogen-bond donors (Lipinski definition) is 1. The van der Waals surface area contributed by atoms with E-state index in [-0.39, 0.29) is 0 Å². The van der Waals surface area contributed by atoms with Crippen LogP contribution in [0.25, 0.3) is 0 Å². The Kier molecular flexibility index (Phi) is 5.02. The van der Waals surface area contributed by atoms with Crippen molar-refractivity contribution in [1.82, 2.24) is 0 Å². The van der Waals surface area contributed by atoms with Gasteiger partial charge in [0.2, 0.25) is 0 Å². The summed E-state index contributed by atoms with van der Waals surface area (Å²) in [5.41, 5.74) is 6.94. The largest absolute Gasteiger partial charge is 0.497 e. The first kappa shape index (κ1) is 13.4. The van der Waals surface area contributed by atoms with Crippen molar-refractivity contribution in [3.05, 3.63) is 29.8 Å². The van der Waals surface area contributed by atoms with Gasteiger partial charge in [-0.2, -0.15) is 0 Å². The minimum Gasteiger partial charge on any atom is -0.497 e. The van der Waals surface area contributed by atoms with Gasteiger partial charge in [-0.15, -0.1) is 0 Å². The molecule has 2 atom stereocenters. The van der Waals surface area contributed by atoms with Crippen molar-refractivity contribution in [1.29, 1.82) is 0 Å². The Morgan fingerprint density at radius 3 is 2.89 bits per heavy atom. The van der Waals surface area contributed by atoms with Gasteiger partial charge < -0.3 is 15.2 Å². The number of ether oxygens (including phenoxy) is 2.